The second-order valence-electron chi connectivity index (χ2n) is 13.1. The first-order chi connectivity index (χ1) is 26.7. The first kappa shape index (κ1) is 31.2. The predicted molar refractivity (Wildman–Crippen MR) is 211 cm³/mol. The Morgan fingerprint density at radius 3 is 1.52 bits per heavy atom. The SMILES string of the molecule is O=C1c2cccc(-n3c4c(-c5cncnc5)cccc4c4cccc(-c5cncnc5)c43)c2C(=O)N1c1ccc(-c2ccccc2)cc1-c1ccccc1. The van der Waals surface area contributed by atoms with Gasteiger partial charge in [0.15, 0.2) is 0 Å². The van der Waals surface area contributed by atoms with Crippen LogP contribution >= 0.6 is 0 Å². The predicted octanol–water partition coefficient (Wildman–Crippen LogP) is 9.83. The van der Waals surface area contributed by atoms with E-state index in [0.29, 0.717) is 22.5 Å². The number of imide groups is 1. The van der Waals surface area contributed by atoms with E-state index in [4.69, 9.17) is 0 Å². The number of fused-ring (bicyclic) bond motifs is 4. The topological polar surface area (TPSA) is 93.9 Å². The van der Waals surface area contributed by atoms with Gasteiger partial charge in [0.1, 0.15) is 12.7 Å². The molecule has 9 aromatic rings. The van der Waals surface area contributed by atoms with Gasteiger partial charge < -0.3 is 4.57 Å². The summed E-state index contributed by atoms with van der Waals surface area (Å²) in [5.74, 6) is -0.776. The van der Waals surface area contributed by atoms with Crippen LogP contribution in [0.4, 0.5) is 5.69 Å². The standard InChI is InChI=1S/C46H28N6O2/c53-45-38-18-9-19-41(42(38)46(54)52(45)40-21-20-31(29-10-3-1-4-11-29)22-39(40)30-12-5-2-6-13-30)51-43-34(32-23-47-27-48-24-32)14-7-16-36(43)37-17-8-15-35(44(37)51)33-25-49-28-50-26-33/h1-28H. The van der Waals surface area contributed by atoms with Crippen LogP contribution in [0.3, 0.4) is 0 Å². The maximum Gasteiger partial charge on any atom is 0.268 e. The fourth-order valence-corrected chi connectivity index (χ4v) is 7.76. The second kappa shape index (κ2) is 12.6. The number of nitrogens with zero attached hydrogens (tertiary/aromatic N) is 6. The Balaban J connectivity index is 1.24. The maximum atomic E-state index is 15.1. The lowest BCUT2D eigenvalue weighted by atomic mass is 9.97. The minimum atomic E-state index is -0.397. The number of aromatic nitrogens is 5. The van der Waals surface area contributed by atoms with Crippen LogP contribution < -0.4 is 4.90 Å². The minimum Gasteiger partial charge on any atom is -0.307 e. The molecule has 8 nitrogen and oxygen atoms in total. The summed E-state index contributed by atoms with van der Waals surface area (Å²) in [4.78, 5) is 48.4. The van der Waals surface area contributed by atoms with Gasteiger partial charge in [-0.25, -0.2) is 24.8 Å². The van der Waals surface area contributed by atoms with Crippen molar-refractivity contribution in [3.8, 4) is 50.2 Å². The van der Waals surface area contributed by atoms with Crippen LogP contribution in [0.1, 0.15) is 20.7 Å². The number of anilines is 1. The van der Waals surface area contributed by atoms with Crippen molar-refractivity contribution in [2.75, 3.05) is 4.90 Å². The molecule has 1 aliphatic rings. The van der Waals surface area contributed by atoms with E-state index in [9.17, 15) is 4.79 Å². The second-order valence-corrected chi connectivity index (χ2v) is 13.1. The van der Waals surface area contributed by atoms with E-state index in [1.807, 2.05) is 97.1 Å². The van der Waals surface area contributed by atoms with Crippen molar-refractivity contribution in [1.82, 2.24) is 24.5 Å². The molecule has 0 spiro atoms. The number of hydrogen-bond donors (Lipinski definition) is 0. The van der Waals surface area contributed by atoms with Crippen LogP contribution in [0.25, 0.3) is 72.0 Å². The first-order valence-electron chi connectivity index (χ1n) is 17.5. The fourth-order valence-electron chi connectivity index (χ4n) is 7.76. The third-order valence-electron chi connectivity index (χ3n) is 10.1. The van der Waals surface area contributed by atoms with Crippen molar-refractivity contribution in [1.29, 1.82) is 0 Å². The summed E-state index contributed by atoms with van der Waals surface area (Å²) < 4.78 is 2.11. The largest absolute Gasteiger partial charge is 0.307 e. The highest BCUT2D eigenvalue weighted by molar-refractivity contribution is 6.36. The average molecular weight is 697 g/mol. The molecule has 0 atom stereocenters. The zero-order valence-electron chi connectivity index (χ0n) is 28.7. The normalized spacial score (nSPS) is 12.5. The smallest absolute Gasteiger partial charge is 0.268 e. The highest BCUT2D eigenvalue weighted by atomic mass is 16.2. The molecule has 0 N–H and O–H groups in total. The molecule has 10 rings (SSSR count). The summed E-state index contributed by atoms with van der Waals surface area (Å²) in [6.07, 6.45) is 10.1. The molecule has 0 saturated heterocycles. The number of amides is 2. The van der Waals surface area contributed by atoms with Crippen molar-refractivity contribution in [2.45, 2.75) is 0 Å². The van der Waals surface area contributed by atoms with Gasteiger partial charge in [-0.2, -0.15) is 0 Å². The van der Waals surface area contributed by atoms with E-state index in [2.05, 4.69) is 54.8 Å². The van der Waals surface area contributed by atoms with Gasteiger partial charge in [-0.3, -0.25) is 9.59 Å². The lowest BCUT2D eigenvalue weighted by Gasteiger charge is -2.20. The summed E-state index contributed by atoms with van der Waals surface area (Å²) in [7, 11) is 0. The third-order valence-corrected chi connectivity index (χ3v) is 10.1. The number of para-hydroxylation sites is 2. The fraction of sp³-hybridized carbons (Fsp3) is 0. The zero-order valence-corrected chi connectivity index (χ0v) is 28.7. The van der Waals surface area contributed by atoms with E-state index in [0.717, 1.165) is 66.3 Å². The molecule has 1 aliphatic heterocycles. The van der Waals surface area contributed by atoms with Crippen molar-refractivity contribution >= 4 is 39.3 Å². The zero-order chi connectivity index (χ0) is 36.2. The van der Waals surface area contributed by atoms with Crippen LogP contribution in [0.5, 0.6) is 0 Å². The quantitative estimate of drug-likeness (QED) is 0.161. The Bertz CT molecular complexity index is 2810. The van der Waals surface area contributed by atoms with Crippen molar-refractivity contribution in [3.05, 3.63) is 182 Å². The number of hydrogen-bond acceptors (Lipinski definition) is 6. The molecule has 0 bridgehead atoms. The molecule has 2 amide bonds. The van der Waals surface area contributed by atoms with Gasteiger partial charge in [0.2, 0.25) is 0 Å². The summed E-state index contributed by atoms with van der Waals surface area (Å²) in [5.41, 5.74) is 10.6. The molecule has 254 valence electrons. The van der Waals surface area contributed by atoms with E-state index in [1.165, 1.54) is 17.6 Å². The van der Waals surface area contributed by atoms with E-state index in [-0.39, 0.29) is 5.91 Å². The minimum absolute atomic E-state index is 0.325. The van der Waals surface area contributed by atoms with E-state index < -0.39 is 5.91 Å². The summed E-state index contributed by atoms with van der Waals surface area (Å²) >= 11 is 0. The van der Waals surface area contributed by atoms with Crippen molar-refractivity contribution in [2.24, 2.45) is 0 Å². The van der Waals surface area contributed by atoms with Gasteiger partial charge in [-0.15, -0.1) is 0 Å². The summed E-state index contributed by atoms with van der Waals surface area (Å²) in [6, 6.07) is 43.6. The number of carbonyl (C=O) groups is 2. The molecule has 3 aromatic heterocycles. The van der Waals surface area contributed by atoms with Crippen molar-refractivity contribution in [3.63, 3.8) is 0 Å². The Kier molecular flexibility index (Phi) is 7.26. The lowest BCUT2D eigenvalue weighted by molar-refractivity contribution is 0.0926. The van der Waals surface area contributed by atoms with Gasteiger partial charge in [-0.1, -0.05) is 109 Å². The molecule has 0 fully saturated rings. The molecule has 6 aromatic carbocycles. The summed E-state index contributed by atoms with van der Waals surface area (Å²) in [6.45, 7) is 0. The highest BCUT2D eigenvalue weighted by Gasteiger charge is 2.40. The molecule has 4 heterocycles. The lowest BCUT2D eigenvalue weighted by Crippen LogP contribution is -2.30. The van der Waals surface area contributed by atoms with Crippen LogP contribution in [-0.4, -0.2) is 36.3 Å². The first-order valence-corrected chi connectivity index (χ1v) is 17.5. The number of rotatable bonds is 6. The number of benzene rings is 6. The van der Waals surface area contributed by atoms with Crippen LogP contribution in [-0.2, 0) is 0 Å². The monoisotopic (exact) mass is 696 g/mol. The molecule has 0 saturated carbocycles. The Morgan fingerprint density at radius 1 is 0.389 bits per heavy atom. The number of carbonyl (C=O) groups excluding carboxylic acids is 2. The Hall–Kier alpha value is -7.58. The van der Waals surface area contributed by atoms with Crippen LogP contribution in [0.2, 0.25) is 0 Å². The highest BCUT2D eigenvalue weighted by Crippen LogP contribution is 2.45. The molecule has 8 heteroatoms. The molecule has 0 radical (unpaired) electrons. The molecule has 0 unspecified atom stereocenters. The Labute approximate surface area is 309 Å². The molecular formula is C46H28N6O2. The van der Waals surface area contributed by atoms with Gasteiger partial charge in [-0.05, 0) is 41.0 Å². The maximum absolute atomic E-state index is 15.1. The average Bonchev–Trinajstić information content (AvgIpc) is 3.72. The van der Waals surface area contributed by atoms with Crippen LogP contribution in [0, 0.1) is 0 Å². The third kappa shape index (κ3) is 4.85. The summed E-state index contributed by atoms with van der Waals surface area (Å²) in [5, 5.41) is 1.94. The van der Waals surface area contributed by atoms with Gasteiger partial charge in [0.05, 0.1) is 33.5 Å². The van der Waals surface area contributed by atoms with E-state index >= 15 is 4.79 Å². The van der Waals surface area contributed by atoms with E-state index in [1.54, 1.807) is 30.9 Å². The van der Waals surface area contributed by atoms with Crippen LogP contribution in [0.15, 0.2) is 171 Å². The van der Waals surface area contributed by atoms with Gasteiger partial charge >= 0.3 is 0 Å². The molecular weight excluding hydrogens is 669 g/mol. The van der Waals surface area contributed by atoms with Gasteiger partial charge in [0, 0.05) is 63.4 Å². The van der Waals surface area contributed by atoms with Gasteiger partial charge in [0.25, 0.3) is 11.8 Å². The molecule has 54 heavy (non-hydrogen) atoms. The van der Waals surface area contributed by atoms with Crippen molar-refractivity contribution < 1.29 is 9.59 Å². The Morgan fingerprint density at radius 2 is 0.926 bits per heavy atom. The molecule has 0 aliphatic carbocycles.